The number of fused-ring (bicyclic) bond motifs is 21. The van der Waals surface area contributed by atoms with Crippen LogP contribution in [-0.4, -0.2) is 22.9 Å². The van der Waals surface area contributed by atoms with Gasteiger partial charge < -0.3 is 13.5 Å². The first-order valence-corrected chi connectivity index (χ1v) is 30.5. The third-order valence-electron chi connectivity index (χ3n) is 19.4. The smallest absolute Gasteiger partial charge is 0.146 e. The largest absolute Gasteiger partial charge is 0.309 e. The average molecular weight is 1110 g/mol. The van der Waals surface area contributed by atoms with Crippen LogP contribution in [0, 0.1) is 0 Å². The lowest BCUT2D eigenvalue weighted by atomic mass is 9.83. The van der Waals surface area contributed by atoms with Gasteiger partial charge in [-0.15, -0.1) is 0 Å². The molecule has 0 N–H and O–H groups in total. The highest BCUT2D eigenvalue weighted by molar-refractivity contribution is 6.40. The molecule has 0 bridgehead atoms. The Morgan fingerprint density at radius 1 is 0.291 bits per heavy atom. The van der Waals surface area contributed by atoms with E-state index in [9.17, 15) is 0 Å². The second-order valence-corrected chi connectivity index (χ2v) is 27.6. The Morgan fingerprint density at radius 3 is 1.26 bits per heavy atom. The molecule has 5 nitrogen and oxygen atoms in total. The third kappa shape index (κ3) is 6.63. The van der Waals surface area contributed by atoms with E-state index in [-0.39, 0.29) is 16.2 Å². The Labute approximate surface area is 498 Å². The number of hydrogen-bond acceptors (Lipinski definition) is 1. The van der Waals surface area contributed by atoms with Crippen molar-refractivity contribution < 1.29 is 0 Å². The van der Waals surface area contributed by atoms with E-state index in [0.29, 0.717) is 0 Å². The van der Waals surface area contributed by atoms with Crippen LogP contribution in [0.25, 0.3) is 164 Å². The molecule has 0 radical (unpaired) electrons. The van der Waals surface area contributed by atoms with Crippen molar-refractivity contribution in [1.82, 2.24) is 22.9 Å². The number of pyridine rings is 1. The minimum atomic E-state index is -0.136. The minimum absolute atomic E-state index is 0.116. The number of rotatable bonds is 4. The van der Waals surface area contributed by atoms with Gasteiger partial charge in [0.15, 0.2) is 0 Å². The van der Waals surface area contributed by atoms with Gasteiger partial charge in [-0.25, -0.2) is 4.98 Å². The summed E-state index contributed by atoms with van der Waals surface area (Å²) in [5.74, 6) is 0. The first-order chi connectivity index (χ1) is 41.6. The molecule has 7 heterocycles. The van der Waals surface area contributed by atoms with E-state index >= 15 is 0 Å². The molecule has 7 aromatic heterocycles. The summed E-state index contributed by atoms with van der Waals surface area (Å²) >= 11 is 0. The van der Waals surface area contributed by atoms with Gasteiger partial charge >= 0.3 is 0 Å². The van der Waals surface area contributed by atoms with Gasteiger partial charge in [-0.05, 0) is 158 Å². The Morgan fingerprint density at radius 2 is 0.721 bits per heavy atom. The molecule has 18 aromatic rings. The van der Waals surface area contributed by atoms with Crippen LogP contribution >= 0.6 is 0 Å². The molecule has 0 amide bonds. The monoisotopic (exact) mass is 1110 g/mol. The maximum atomic E-state index is 5.86. The van der Waals surface area contributed by atoms with E-state index in [0.717, 1.165) is 22.5 Å². The summed E-state index contributed by atoms with van der Waals surface area (Å²) < 4.78 is 10.0. The van der Waals surface area contributed by atoms with Crippen LogP contribution in [-0.2, 0) is 16.2 Å². The number of para-hydroxylation sites is 4. The fraction of sp³-hybridized carbons (Fsp3) is 0.148. The summed E-state index contributed by atoms with van der Waals surface area (Å²) in [6.45, 7) is 21.2. The zero-order valence-electron chi connectivity index (χ0n) is 50.0. The van der Waals surface area contributed by atoms with Gasteiger partial charge in [0.25, 0.3) is 0 Å². The number of benzene rings is 11. The van der Waals surface area contributed by atoms with Crippen molar-refractivity contribution in [3.05, 3.63) is 235 Å². The van der Waals surface area contributed by atoms with Crippen molar-refractivity contribution >= 4 is 131 Å². The first kappa shape index (κ1) is 49.5. The number of aromatic nitrogens is 5. The average Bonchev–Trinajstić information content (AvgIpc) is 1.50. The molecule has 0 aliphatic carbocycles. The topological polar surface area (TPSA) is 31.6 Å². The second-order valence-electron chi connectivity index (χ2n) is 27.6. The molecule has 5 heteroatoms. The van der Waals surface area contributed by atoms with Crippen molar-refractivity contribution in [2.45, 2.75) is 78.6 Å². The summed E-state index contributed by atoms with van der Waals surface area (Å²) in [6.07, 6.45) is 2.22. The van der Waals surface area contributed by atoms with Gasteiger partial charge in [0, 0.05) is 87.1 Å². The van der Waals surface area contributed by atoms with Crippen LogP contribution in [0.1, 0.15) is 79.0 Å². The van der Waals surface area contributed by atoms with Gasteiger partial charge in [0.05, 0.1) is 55.8 Å². The van der Waals surface area contributed by atoms with Gasteiger partial charge in [0.2, 0.25) is 0 Å². The molecule has 0 spiro atoms. The number of hydrogen-bond donors (Lipinski definition) is 0. The van der Waals surface area contributed by atoms with Crippen molar-refractivity contribution in [2.75, 3.05) is 0 Å². The van der Waals surface area contributed by atoms with Gasteiger partial charge in [-0.2, -0.15) is 0 Å². The van der Waals surface area contributed by atoms with Crippen molar-refractivity contribution in [3.63, 3.8) is 0 Å². The van der Waals surface area contributed by atoms with E-state index in [4.69, 9.17) is 4.98 Å². The summed E-state index contributed by atoms with van der Waals surface area (Å²) in [5, 5.41) is 17.5. The molecular weight excluding hydrogens is 1040 g/mol. The first-order valence-electron chi connectivity index (χ1n) is 30.5. The van der Waals surface area contributed by atoms with E-state index < -0.39 is 0 Å². The van der Waals surface area contributed by atoms with E-state index in [1.165, 1.54) is 158 Å². The molecule has 0 atom stereocenters. The lowest BCUT2D eigenvalue weighted by Crippen LogP contribution is -2.11. The second kappa shape index (κ2) is 16.9. The summed E-state index contributed by atoms with van der Waals surface area (Å²) in [7, 11) is 0. The normalized spacial score (nSPS) is 13.2. The van der Waals surface area contributed by atoms with Crippen molar-refractivity contribution in [2.24, 2.45) is 0 Å². The predicted octanol–water partition coefficient (Wildman–Crippen LogP) is 22.0. The molecule has 412 valence electrons. The Kier molecular flexibility index (Phi) is 9.71. The Bertz CT molecular complexity index is 5920. The highest BCUT2D eigenvalue weighted by Crippen LogP contribution is 2.53. The highest BCUT2D eigenvalue weighted by atomic mass is 15.0. The maximum Gasteiger partial charge on any atom is 0.146 e. The fourth-order valence-electron chi connectivity index (χ4n) is 15.2. The quantitative estimate of drug-likeness (QED) is 0.173. The minimum Gasteiger partial charge on any atom is -0.309 e. The van der Waals surface area contributed by atoms with Crippen LogP contribution in [0.4, 0.5) is 0 Å². The molecule has 0 saturated carbocycles. The van der Waals surface area contributed by atoms with Crippen molar-refractivity contribution in [3.8, 4) is 33.6 Å². The van der Waals surface area contributed by atoms with E-state index in [2.05, 4.69) is 299 Å². The van der Waals surface area contributed by atoms with E-state index in [1.807, 2.05) is 0 Å². The third-order valence-corrected chi connectivity index (χ3v) is 19.4. The van der Waals surface area contributed by atoms with Gasteiger partial charge in [-0.3, -0.25) is 4.40 Å². The molecule has 0 aliphatic heterocycles. The standard InChI is InChI=1S/C81H63N5/c1-79(2,3)49-39-57(47-32-34-68-59(36-47)55-28-18-20-30-66(55)83(68)52-23-12-10-13-24-52)74-63(42-49)64-43-51(81(7,8)9)44-65-71-70(85(74)76(64)65)45-82-78-73(71)72-54-27-17-16-22-46(54)38-61-62-41-50(80(4,5)6)40-58(75(62)86(78)77(61)72)48-33-35-69-60(37-48)56-29-19-21-31-67(56)84(69)53-25-14-11-15-26-53/h10-45H,1-9H3. The predicted molar refractivity (Wildman–Crippen MR) is 367 cm³/mol. The lowest BCUT2D eigenvalue weighted by Gasteiger charge is -2.22. The molecular formula is C81H63N5. The molecule has 0 fully saturated rings. The Balaban J connectivity index is 0.993. The van der Waals surface area contributed by atoms with Crippen LogP contribution in [0.3, 0.4) is 0 Å². The van der Waals surface area contributed by atoms with E-state index in [1.54, 1.807) is 0 Å². The highest BCUT2D eigenvalue weighted by Gasteiger charge is 2.32. The SMILES string of the molecule is CC(C)(C)c1cc(-c2ccc3c(c2)c2ccccc2n3-c2ccccc2)c2c(c1)c1cc(C(C)(C)C)cc3c4c5c6c7ccccc7cc7c8cc(C(C)(C)C)cc(-c9ccc%10c(c9)c9ccccc9n%10-c9ccccc9)c8n(c5ncc4n2c13)c76. The molecule has 0 saturated heterocycles. The van der Waals surface area contributed by atoms with Gasteiger partial charge in [0.1, 0.15) is 5.65 Å². The summed E-state index contributed by atoms with van der Waals surface area (Å²) in [4.78, 5) is 5.86. The maximum absolute atomic E-state index is 5.86. The fourth-order valence-corrected chi connectivity index (χ4v) is 15.2. The zero-order valence-corrected chi connectivity index (χ0v) is 50.0. The van der Waals surface area contributed by atoms with Crippen LogP contribution < -0.4 is 0 Å². The lowest BCUT2D eigenvalue weighted by molar-refractivity contribution is 0.591. The molecule has 86 heavy (non-hydrogen) atoms. The Hall–Kier alpha value is -9.97. The summed E-state index contributed by atoms with van der Waals surface area (Å²) in [6, 6.07) is 80.3. The summed E-state index contributed by atoms with van der Waals surface area (Å²) in [5.41, 5.74) is 22.5. The zero-order chi connectivity index (χ0) is 58.0. The molecule has 0 unspecified atom stereocenters. The van der Waals surface area contributed by atoms with Crippen LogP contribution in [0.2, 0.25) is 0 Å². The molecule has 18 rings (SSSR count). The number of nitrogens with zero attached hydrogens (tertiary/aromatic N) is 5. The van der Waals surface area contributed by atoms with Gasteiger partial charge in [-0.1, -0.05) is 172 Å². The molecule has 11 aromatic carbocycles. The van der Waals surface area contributed by atoms with Crippen LogP contribution in [0.15, 0.2) is 219 Å². The van der Waals surface area contributed by atoms with Crippen LogP contribution in [0.5, 0.6) is 0 Å². The van der Waals surface area contributed by atoms with Crippen molar-refractivity contribution in [1.29, 1.82) is 0 Å². The molecule has 0 aliphatic rings.